The lowest BCUT2D eigenvalue weighted by atomic mass is 9.98. The van der Waals surface area contributed by atoms with Crippen LogP contribution in [-0.2, 0) is 4.79 Å². The van der Waals surface area contributed by atoms with Gasteiger partial charge in [-0.25, -0.2) is 4.98 Å². The molecule has 1 aromatic rings. The van der Waals surface area contributed by atoms with Crippen LogP contribution in [0.25, 0.3) is 0 Å². The third kappa shape index (κ3) is 5.13. The van der Waals surface area contributed by atoms with Gasteiger partial charge in [0.1, 0.15) is 5.54 Å². The molecule has 1 atom stereocenters. The van der Waals surface area contributed by atoms with E-state index >= 15 is 0 Å². The predicted octanol–water partition coefficient (Wildman–Crippen LogP) is 3.02. The fourth-order valence-electron chi connectivity index (χ4n) is 2.12. The molecule has 1 rings (SSSR count). The van der Waals surface area contributed by atoms with E-state index in [0.717, 1.165) is 16.5 Å². The van der Waals surface area contributed by atoms with Crippen LogP contribution in [0.3, 0.4) is 0 Å². The highest BCUT2D eigenvalue weighted by atomic mass is 32.2. The van der Waals surface area contributed by atoms with E-state index in [1.165, 1.54) is 5.56 Å². The molecule has 0 saturated carbocycles. The summed E-state index contributed by atoms with van der Waals surface area (Å²) in [6.07, 6.45) is 0.555. The first-order valence-electron chi connectivity index (χ1n) is 6.82. The Kier molecular flexibility index (Phi) is 6.02. The number of rotatable bonds is 7. The maximum absolute atomic E-state index is 11.4. The van der Waals surface area contributed by atoms with Crippen molar-refractivity contribution >= 4 is 17.7 Å². The van der Waals surface area contributed by atoms with Gasteiger partial charge in [-0.1, -0.05) is 0 Å². The van der Waals surface area contributed by atoms with Crippen LogP contribution in [0, 0.1) is 13.8 Å². The van der Waals surface area contributed by atoms with E-state index in [1.54, 1.807) is 18.7 Å². The molecule has 0 fully saturated rings. The largest absolute Gasteiger partial charge is 0.480 e. The number of hydrogen-bond acceptors (Lipinski definition) is 4. The molecule has 0 aromatic carbocycles. The van der Waals surface area contributed by atoms with Gasteiger partial charge in [0.15, 0.2) is 0 Å². The zero-order valence-corrected chi connectivity index (χ0v) is 13.7. The topological polar surface area (TPSA) is 62.2 Å². The number of carboxylic acids is 1. The molecule has 1 heterocycles. The summed E-state index contributed by atoms with van der Waals surface area (Å²) in [5, 5.41) is 13.5. The van der Waals surface area contributed by atoms with Crippen LogP contribution in [0.2, 0.25) is 0 Å². The Morgan fingerprint density at radius 1 is 1.45 bits per heavy atom. The van der Waals surface area contributed by atoms with Crippen LogP contribution in [0.1, 0.15) is 38.4 Å². The van der Waals surface area contributed by atoms with Gasteiger partial charge in [-0.15, -0.1) is 11.8 Å². The van der Waals surface area contributed by atoms with Crippen molar-refractivity contribution in [1.29, 1.82) is 0 Å². The number of aliphatic carboxylic acids is 1. The number of aryl methyl sites for hydroxylation is 2. The first-order valence-corrected chi connectivity index (χ1v) is 7.80. The molecular formula is C15H24N2O2S. The molecule has 0 aliphatic heterocycles. The van der Waals surface area contributed by atoms with E-state index in [1.807, 2.05) is 39.8 Å². The summed E-state index contributed by atoms with van der Waals surface area (Å²) in [6, 6.07) is 4.21. The summed E-state index contributed by atoms with van der Waals surface area (Å²) in [6.45, 7) is 9.67. The van der Waals surface area contributed by atoms with Crippen molar-refractivity contribution in [2.24, 2.45) is 0 Å². The van der Waals surface area contributed by atoms with Crippen molar-refractivity contribution in [3.63, 3.8) is 0 Å². The number of nitrogens with zero attached hydrogens (tertiary/aromatic N) is 1. The van der Waals surface area contributed by atoms with Crippen LogP contribution < -0.4 is 5.32 Å². The number of carboxylic acid groups (broad SMARTS) is 1. The minimum Gasteiger partial charge on any atom is -0.480 e. The highest BCUT2D eigenvalue weighted by Gasteiger charge is 2.32. The molecule has 1 unspecified atom stereocenters. The van der Waals surface area contributed by atoms with Crippen molar-refractivity contribution in [1.82, 2.24) is 10.3 Å². The van der Waals surface area contributed by atoms with Gasteiger partial charge >= 0.3 is 5.97 Å². The minimum absolute atomic E-state index is 0.139. The lowest BCUT2D eigenvalue weighted by molar-refractivity contribution is -0.144. The van der Waals surface area contributed by atoms with Crippen molar-refractivity contribution in [3.8, 4) is 0 Å². The summed E-state index contributed by atoms with van der Waals surface area (Å²) in [5.74, 6) is -0.0847. The second-order valence-electron chi connectivity index (χ2n) is 5.66. The molecule has 0 aliphatic carbocycles. The molecule has 4 nitrogen and oxygen atoms in total. The third-order valence-electron chi connectivity index (χ3n) is 3.01. The summed E-state index contributed by atoms with van der Waals surface area (Å²) >= 11 is 1.61. The van der Waals surface area contributed by atoms with E-state index in [0.29, 0.717) is 6.42 Å². The van der Waals surface area contributed by atoms with E-state index in [-0.39, 0.29) is 6.04 Å². The lowest BCUT2D eigenvalue weighted by Crippen LogP contribution is -2.52. The maximum atomic E-state index is 11.4. The molecule has 112 valence electrons. The summed E-state index contributed by atoms with van der Waals surface area (Å²) in [4.78, 5) is 15.9. The van der Waals surface area contributed by atoms with Gasteiger partial charge < -0.3 is 5.11 Å². The fourth-order valence-corrected chi connectivity index (χ4v) is 3.31. The molecule has 2 N–H and O–H groups in total. The number of carbonyl (C=O) groups is 1. The van der Waals surface area contributed by atoms with Crippen LogP contribution >= 0.6 is 11.8 Å². The molecule has 0 bridgehead atoms. The van der Waals surface area contributed by atoms with Gasteiger partial charge in [-0.3, -0.25) is 10.1 Å². The predicted molar refractivity (Wildman–Crippen MR) is 83.4 cm³/mol. The van der Waals surface area contributed by atoms with E-state index in [9.17, 15) is 9.90 Å². The number of pyridine rings is 1. The summed E-state index contributed by atoms with van der Waals surface area (Å²) in [7, 11) is 0. The Bertz CT molecular complexity index is 457. The second-order valence-corrected chi connectivity index (χ2v) is 6.77. The average Bonchev–Trinajstić information content (AvgIpc) is 2.26. The quantitative estimate of drug-likeness (QED) is 0.757. The summed E-state index contributed by atoms with van der Waals surface area (Å²) < 4.78 is 0. The fraction of sp³-hybridized carbons (Fsp3) is 0.600. The zero-order chi connectivity index (χ0) is 15.3. The van der Waals surface area contributed by atoms with Gasteiger partial charge in [0.2, 0.25) is 0 Å². The average molecular weight is 296 g/mol. The lowest BCUT2D eigenvalue weighted by Gasteiger charge is -2.28. The van der Waals surface area contributed by atoms with Crippen LogP contribution in [0.15, 0.2) is 17.2 Å². The standard InChI is InChI=1S/C15H24N2O2S/c1-10(2)17-15(5,14(18)19)6-7-20-13-9-11(3)8-12(4)16-13/h8-10,17H,6-7H2,1-5H3,(H,18,19). The Balaban J connectivity index is 2.62. The Morgan fingerprint density at radius 3 is 2.60 bits per heavy atom. The van der Waals surface area contributed by atoms with Crippen molar-refractivity contribution in [3.05, 3.63) is 23.4 Å². The third-order valence-corrected chi connectivity index (χ3v) is 3.92. The van der Waals surface area contributed by atoms with Crippen LogP contribution in [-0.4, -0.2) is 33.4 Å². The Hall–Kier alpha value is -1.07. The molecule has 1 aromatic heterocycles. The minimum atomic E-state index is -0.889. The molecule has 5 heteroatoms. The monoisotopic (exact) mass is 296 g/mol. The van der Waals surface area contributed by atoms with Crippen LogP contribution in [0.4, 0.5) is 0 Å². The number of hydrogen-bond donors (Lipinski definition) is 2. The molecule has 0 amide bonds. The molecule has 0 saturated heterocycles. The Labute approximate surface area is 125 Å². The van der Waals surface area contributed by atoms with E-state index < -0.39 is 11.5 Å². The highest BCUT2D eigenvalue weighted by molar-refractivity contribution is 7.99. The van der Waals surface area contributed by atoms with Crippen molar-refractivity contribution in [2.75, 3.05) is 5.75 Å². The van der Waals surface area contributed by atoms with Crippen LogP contribution in [0.5, 0.6) is 0 Å². The van der Waals surface area contributed by atoms with E-state index in [4.69, 9.17) is 0 Å². The first kappa shape index (κ1) is 17.0. The van der Waals surface area contributed by atoms with Gasteiger partial charge in [0, 0.05) is 17.5 Å². The van der Waals surface area contributed by atoms with Gasteiger partial charge in [0.25, 0.3) is 0 Å². The molecular weight excluding hydrogens is 272 g/mol. The number of nitrogens with one attached hydrogen (secondary N) is 1. The smallest absolute Gasteiger partial charge is 0.323 e. The molecule has 0 spiro atoms. The van der Waals surface area contributed by atoms with E-state index in [2.05, 4.69) is 10.3 Å². The molecule has 0 radical (unpaired) electrons. The normalized spacial score (nSPS) is 14.3. The van der Waals surface area contributed by atoms with Crippen molar-refractivity contribution < 1.29 is 9.90 Å². The van der Waals surface area contributed by atoms with Crippen molar-refractivity contribution in [2.45, 2.75) is 57.6 Å². The first-order chi connectivity index (χ1) is 9.23. The van der Waals surface area contributed by atoms with Gasteiger partial charge in [-0.05, 0) is 58.7 Å². The SMILES string of the molecule is Cc1cc(C)nc(SCCC(C)(NC(C)C)C(=O)O)c1. The number of aromatic nitrogens is 1. The van der Waals surface area contributed by atoms with Gasteiger partial charge in [-0.2, -0.15) is 0 Å². The molecule has 0 aliphatic rings. The Morgan fingerprint density at radius 2 is 2.10 bits per heavy atom. The maximum Gasteiger partial charge on any atom is 0.323 e. The zero-order valence-electron chi connectivity index (χ0n) is 12.9. The second kappa shape index (κ2) is 7.09. The number of thioether (sulfide) groups is 1. The van der Waals surface area contributed by atoms with Gasteiger partial charge in [0.05, 0.1) is 5.03 Å². The molecule has 20 heavy (non-hydrogen) atoms. The highest BCUT2D eigenvalue weighted by Crippen LogP contribution is 2.22. The summed E-state index contributed by atoms with van der Waals surface area (Å²) in [5.41, 5.74) is 1.29.